The van der Waals surface area contributed by atoms with E-state index in [1.165, 1.54) is 10.8 Å². The van der Waals surface area contributed by atoms with E-state index in [0.717, 1.165) is 6.04 Å². The van der Waals surface area contributed by atoms with Crippen LogP contribution in [-0.2, 0) is 19.3 Å². The summed E-state index contributed by atoms with van der Waals surface area (Å²) in [5.74, 6) is 0. The number of hydrogen-bond donors (Lipinski definition) is 0. The van der Waals surface area contributed by atoms with Gasteiger partial charge < -0.3 is 13.3 Å². The third-order valence-electron chi connectivity index (χ3n) is 3.17. The summed E-state index contributed by atoms with van der Waals surface area (Å²) >= 11 is 0. The van der Waals surface area contributed by atoms with E-state index < -0.39 is 16.9 Å². The molecule has 1 rings (SSSR count). The minimum Gasteiger partial charge on any atom is -0.377 e. The average Bonchev–Trinajstić information content (AvgIpc) is 2.35. The monoisotopic (exact) mass is 284 g/mol. The van der Waals surface area contributed by atoms with Crippen molar-refractivity contribution in [3.05, 3.63) is 29.8 Å². The topological polar surface area (TPSA) is 27.7 Å². The Labute approximate surface area is 112 Å². The van der Waals surface area contributed by atoms with Gasteiger partial charge in [-0.15, -0.1) is 0 Å². The zero-order chi connectivity index (χ0) is 13.8. The molecule has 0 N–H and O–H groups in total. The molecule has 0 radical (unpaired) electrons. The van der Waals surface area contributed by atoms with Crippen LogP contribution in [0.1, 0.15) is 5.56 Å². The molecule has 0 spiro atoms. The number of hydrogen-bond acceptors (Lipinski definition) is 3. The second-order valence-electron chi connectivity index (χ2n) is 5.38. The molecule has 18 heavy (non-hydrogen) atoms. The van der Waals surface area contributed by atoms with E-state index >= 15 is 0 Å². The first-order valence-electron chi connectivity index (χ1n) is 6.12. The maximum Gasteiger partial charge on any atom is 0.504 e. The van der Waals surface area contributed by atoms with Crippen LogP contribution in [0, 0.1) is 0 Å². The van der Waals surface area contributed by atoms with Crippen LogP contribution >= 0.6 is 0 Å². The van der Waals surface area contributed by atoms with E-state index in [0.29, 0.717) is 0 Å². The Morgan fingerprint density at radius 1 is 0.889 bits per heavy atom. The summed E-state index contributed by atoms with van der Waals surface area (Å²) in [6.07, 6.45) is 0. The molecule has 0 aromatic heterocycles. The lowest BCUT2D eigenvalue weighted by atomic mass is 10.2. The molecule has 0 aliphatic heterocycles. The maximum absolute atomic E-state index is 5.52. The minimum atomic E-state index is -2.55. The largest absolute Gasteiger partial charge is 0.504 e. The van der Waals surface area contributed by atoms with Crippen molar-refractivity contribution < 1.29 is 13.3 Å². The molecule has 3 nitrogen and oxygen atoms in total. The van der Waals surface area contributed by atoms with Gasteiger partial charge in [-0.3, -0.25) is 0 Å². The summed E-state index contributed by atoms with van der Waals surface area (Å²) in [7, 11) is 1.08. The molecule has 0 saturated heterocycles. The van der Waals surface area contributed by atoms with Crippen LogP contribution in [0.3, 0.4) is 0 Å². The van der Waals surface area contributed by atoms with Crippen molar-refractivity contribution >= 4 is 22.1 Å². The van der Waals surface area contributed by atoms with Crippen LogP contribution in [0.15, 0.2) is 24.3 Å². The Balaban J connectivity index is 3.11. The highest BCUT2D eigenvalue weighted by Gasteiger charge is 2.39. The van der Waals surface area contributed by atoms with Gasteiger partial charge >= 0.3 is 8.80 Å². The SMILES string of the molecule is CO[Si](Cc1ccccc1[Si](C)(C)C)(OC)OC. The fourth-order valence-electron chi connectivity index (χ4n) is 2.11. The van der Waals surface area contributed by atoms with Gasteiger partial charge in [0.15, 0.2) is 0 Å². The maximum atomic E-state index is 5.52. The smallest absolute Gasteiger partial charge is 0.377 e. The summed E-state index contributed by atoms with van der Waals surface area (Å²) in [5, 5.41) is 1.45. The van der Waals surface area contributed by atoms with E-state index in [4.69, 9.17) is 13.3 Å². The summed E-state index contributed by atoms with van der Waals surface area (Å²) in [6, 6.07) is 9.29. The van der Waals surface area contributed by atoms with Gasteiger partial charge in [0.05, 0.1) is 8.07 Å². The summed E-state index contributed by atoms with van der Waals surface area (Å²) in [5.41, 5.74) is 1.30. The van der Waals surface area contributed by atoms with Crippen LogP contribution in [0.5, 0.6) is 0 Å². The second kappa shape index (κ2) is 6.12. The fourth-order valence-corrected chi connectivity index (χ4v) is 5.72. The normalized spacial score (nSPS) is 12.8. The summed E-state index contributed by atoms with van der Waals surface area (Å²) in [4.78, 5) is 0. The third kappa shape index (κ3) is 3.52. The second-order valence-corrected chi connectivity index (χ2v) is 13.4. The van der Waals surface area contributed by atoms with Crippen molar-refractivity contribution in [1.29, 1.82) is 0 Å². The summed E-state index contributed by atoms with van der Waals surface area (Å²) < 4.78 is 16.6. The molecule has 0 atom stereocenters. The zero-order valence-corrected chi connectivity index (χ0v) is 14.2. The molecule has 0 aliphatic rings. The van der Waals surface area contributed by atoms with Gasteiger partial charge in [0.2, 0.25) is 0 Å². The van der Waals surface area contributed by atoms with E-state index in [1.54, 1.807) is 21.3 Å². The molecular formula is C13H24O3Si2. The molecule has 102 valence electrons. The molecule has 0 heterocycles. The molecule has 0 aliphatic carbocycles. The van der Waals surface area contributed by atoms with Crippen molar-refractivity contribution in [2.45, 2.75) is 25.7 Å². The highest BCUT2D eigenvalue weighted by atomic mass is 28.4. The van der Waals surface area contributed by atoms with Gasteiger partial charge in [-0.05, 0) is 5.56 Å². The van der Waals surface area contributed by atoms with Crippen LogP contribution in [0.4, 0.5) is 0 Å². The average molecular weight is 285 g/mol. The molecule has 0 amide bonds. The van der Waals surface area contributed by atoms with E-state index in [2.05, 4.69) is 43.9 Å². The first kappa shape index (κ1) is 15.6. The molecule has 0 unspecified atom stereocenters. The Bertz CT molecular complexity index is 376. The van der Waals surface area contributed by atoms with Crippen LogP contribution in [0.2, 0.25) is 19.6 Å². The molecule has 0 fully saturated rings. The first-order valence-corrected chi connectivity index (χ1v) is 11.6. The highest BCUT2D eigenvalue weighted by molar-refractivity contribution is 6.89. The van der Waals surface area contributed by atoms with Gasteiger partial charge in [-0.25, -0.2) is 0 Å². The molecule has 1 aromatic rings. The molecule has 5 heteroatoms. The third-order valence-corrected chi connectivity index (χ3v) is 7.95. The van der Waals surface area contributed by atoms with Crippen LogP contribution < -0.4 is 5.19 Å². The highest BCUT2D eigenvalue weighted by Crippen LogP contribution is 2.16. The van der Waals surface area contributed by atoms with Crippen molar-refractivity contribution in [2.24, 2.45) is 0 Å². The van der Waals surface area contributed by atoms with Gasteiger partial charge in [0.25, 0.3) is 0 Å². The lowest BCUT2D eigenvalue weighted by Gasteiger charge is -2.27. The van der Waals surface area contributed by atoms with E-state index in [1.807, 2.05) is 0 Å². The lowest BCUT2D eigenvalue weighted by molar-refractivity contribution is 0.123. The standard InChI is InChI=1S/C13H24O3Si2/c1-14-18(15-2,16-3)11-12-9-7-8-10-13(12)17(4,5)6/h7-10H,11H2,1-6H3. The van der Waals surface area contributed by atoms with Gasteiger partial charge in [-0.1, -0.05) is 49.1 Å². The van der Waals surface area contributed by atoms with Crippen LogP contribution in [-0.4, -0.2) is 38.2 Å². The Hall–Kier alpha value is -0.466. The molecule has 1 aromatic carbocycles. The van der Waals surface area contributed by atoms with Crippen molar-refractivity contribution in [3.63, 3.8) is 0 Å². The molecular weight excluding hydrogens is 260 g/mol. The summed E-state index contributed by atoms with van der Waals surface area (Å²) in [6.45, 7) is 7.05. The predicted molar refractivity (Wildman–Crippen MR) is 79.9 cm³/mol. The van der Waals surface area contributed by atoms with Crippen molar-refractivity contribution in [2.75, 3.05) is 21.3 Å². The Morgan fingerprint density at radius 2 is 1.39 bits per heavy atom. The molecule has 0 saturated carbocycles. The number of rotatable bonds is 6. The van der Waals surface area contributed by atoms with E-state index in [-0.39, 0.29) is 0 Å². The predicted octanol–water partition coefficient (Wildman–Crippen LogP) is 2.19. The molecule has 0 bridgehead atoms. The van der Waals surface area contributed by atoms with E-state index in [9.17, 15) is 0 Å². The van der Waals surface area contributed by atoms with Gasteiger partial charge in [0, 0.05) is 27.4 Å². The first-order chi connectivity index (χ1) is 8.38. The van der Waals surface area contributed by atoms with Gasteiger partial charge in [-0.2, -0.15) is 0 Å². The van der Waals surface area contributed by atoms with Gasteiger partial charge in [0.1, 0.15) is 0 Å². The Morgan fingerprint density at radius 3 is 1.83 bits per heavy atom. The van der Waals surface area contributed by atoms with Crippen molar-refractivity contribution in [1.82, 2.24) is 0 Å². The van der Waals surface area contributed by atoms with Crippen LogP contribution in [0.25, 0.3) is 0 Å². The quantitative estimate of drug-likeness (QED) is 0.750. The minimum absolute atomic E-state index is 0.733. The van der Waals surface area contributed by atoms with Crippen molar-refractivity contribution in [3.8, 4) is 0 Å². The number of benzene rings is 1. The Kier molecular flexibility index (Phi) is 5.30. The zero-order valence-electron chi connectivity index (χ0n) is 12.2. The fraction of sp³-hybridized carbons (Fsp3) is 0.538. The lowest BCUT2D eigenvalue weighted by Crippen LogP contribution is -2.49.